The molecule has 7 nitrogen and oxygen atoms in total. The Kier molecular flexibility index (Phi) is 6.61. The fourth-order valence-electron chi connectivity index (χ4n) is 5.17. The first kappa shape index (κ1) is 25.1. The molecule has 1 spiro atoms. The number of aromatic nitrogens is 1. The van der Waals surface area contributed by atoms with Crippen molar-refractivity contribution in [2.24, 2.45) is 0 Å². The number of piperidine rings is 1. The molecule has 1 aromatic carbocycles. The minimum Gasteiger partial charge on any atom is -0.493 e. The van der Waals surface area contributed by atoms with E-state index in [0.29, 0.717) is 61.8 Å². The molecule has 2 aliphatic rings. The van der Waals surface area contributed by atoms with Crippen LogP contribution in [0.1, 0.15) is 53.2 Å². The lowest BCUT2D eigenvalue weighted by Crippen LogP contribution is -2.56. The third kappa shape index (κ3) is 4.51. The van der Waals surface area contributed by atoms with Crippen LogP contribution in [-0.4, -0.2) is 72.1 Å². The number of carbonyl (C=O) groups is 2. The lowest BCUT2D eigenvalue weighted by atomic mass is 9.81. The summed E-state index contributed by atoms with van der Waals surface area (Å²) >= 11 is 0. The summed E-state index contributed by atoms with van der Waals surface area (Å²) in [7, 11) is 3.46. The van der Waals surface area contributed by atoms with Crippen LogP contribution >= 0.6 is 0 Å². The first-order valence-corrected chi connectivity index (χ1v) is 11.6. The number of Topliss-reactive ketones (excluding diaryl/α,β-unsaturated/α-hetero) is 1. The van der Waals surface area contributed by atoms with Crippen molar-refractivity contribution in [3.63, 3.8) is 0 Å². The molecule has 3 heterocycles. The fourth-order valence-corrected chi connectivity index (χ4v) is 5.17. The standard InChI is InChI=1S/C25H30F3N3O4/c1-16(2)35-19-7-5-17(15-20(19)34-4)23(33)30-11-9-24(10-12-30)21-8-6-18(22(32)25(26,27)28)31(21)14-13-29(24)3/h5-8,15-16H,9-14H2,1-4H3. The second-order valence-corrected chi connectivity index (χ2v) is 9.36. The van der Waals surface area contributed by atoms with Crippen LogP contribution in [0.25, 0.3) is 0 Å². The van der Waals surface area contributed by atoms with Gasteiger partial charge in [0.2, 0.25) is 0 Å². The largest absolute Gasteiger partial charge is 0.493 e. The van der Waals surface area contributed by atoms with E-state index in [2.05, 4.69) is 4.90 Å². The molecule has 0 atom stereocenters. The summed E-state index contributed by atoms with van der Waals surface area (Å²) in [5, 5.41) is 0. The molecular formula is C25H30F3N3O4. The Morgan fingerprint density at radius 2 is 1.69 bits per heavy atom. The molecule has 0 unspecified atom stereocenters. The number of carbonyl (C=O) groups excluding carboxylic acids is 2. The van der Waals surface area contributed by atoms with E-state index in [9.17, 15) is 22.8 Å². The summed E-state index contributed by atoms with van der Waals surface area (Å²) in [4.78, 5) is 29.1. The average Bonchev–Trinajstić information content (AvgIpc) is 3.25. The van der Waals surface area contributed by atoms with Gasteiger partial charge in [0, 0.05) is 37.4 Å². The zero-order valence-corrected chi connectivity index (χ0v) is 20.3. The Morgan fingerprint density at radius 1 is 1.00 bits per heavy atom. The Hall–Kier alpha value is -3.01. The van der Waals surface area contributed by atoms with Gasteiger partial charge in [-0.05, 0) is 64.1 Å². The zero-order chi connectivity index (χ0) is 25.5. The third-order valence-electron chi connectivity index (χ3n) is 6.99. The molecule has 35 heavy (non-hydrogen) atoms. The average molecular weight is 494 g/mol. The van der Waals surface area contributed by atoms with E-state index in [1.165, 1.54) is 17.7 Å². The number of halogens is 3. The summed E-state index contributed by atoms with van der Waals surface area (Å²) in [5.41, 5.74) is 0.315. The van der Waals surface area contributed by atoms with Crippen molar-refractivity contribution in [2.45, 2.75) is 51.1 Å². The van der Waals surface area contributed by atoms with Gasteiger partial charge >= 0.3 is 6.18 Å². The van der Waals surface area contributed by atoms with Crippen LogP contribution in [0.2, 0.25) is 0 Å². The summed E-state index contributed by atoms with van der Waals surface area (Å²) in [6.07, 6.45) is -3.87. The van der Waals surface area contributed by atoms with Crippen LogP contribution in [0.3, 0.4) is 0 Å². The number of amides is 1. The van der Waals surface area contributed by atoms with Gasteiger partial charge in [0.15, 0.2) is 11.5 Å². The first-order valence-electron chi connectivity index (χ1n) is 11.6. The van der Waals surface area contributed by atoms with Crippen molar-refractivity contribution < 1.29 is 32.2 Å². The molecular weight excluding hydrogens is 463 g/mol. The minimum absolute atomic E-state index is 0.0397. The second-order valence-electron chi connectivity index (χ2n) is 9.36. The van der Waals surface area contributed by atoms with Crippen molar-refractivity contribution in [3.05, 3.63) is 47.3 Å². The van der Waals surface area contributed by atoms with Crippen LogP contribution in [0.4, 0.5) is 13.2 Å². The third-order valence-corrected chi connectivity index (χ3v) is 6.99. The second kappa shape index (κ2) is 9.22. The quantitative estimate of drug-likeness (QED) is 0.587. The fraction of sp³-hybridized carbons (Fsp3) is 0.520. The molecule has 0 N–H and O–H groups in total. The number of hydrogen-bond donors (Lipinski definition) is 0. The number of ether oxygens (including phenoxy) is 2. The summed E-state index contributed by atoms with van der Waals surface area (Å²) in [6, 6.07) is 8.00. The molecule has 0 bridgehead atoms. The number of ketones is 1. The number of hydrogen-bond acceptors (Lipinski definition) is 5. The van der Waals surface area contributed by atoms with E-state index in [4.69, 9.17) is 9.47 Å². The summed E-state index contributed by atoms with van der Waals surface area (Å²) in [5.74, 6) is -0.930. The van der Waals surface area contributed by atoms with Crippen molar-refractivity contribution >= 4 is 11.7 Å². The molecule has 1 fully saturated rings. The predicted molar refractivity (Wildman–Crippen MR) is 123 cm³/mol. The van der Waals surface area contributed by atoms with Gasteiger partial charge in [0.1, 0.15) is 0 Å². The zero-order valence-electron chi connectivity index (χ0n) is 20.3. The van der Waals surface area contributed by atoms with Crippen LogP contribution in [-0.2, 0) is 12.1 Å². The highest BCUT2D eigenvalue weighted by atomic mass is 19.4. The van der Waals surface area contributed by atoms with Gasteiger partial charge < -0.3 is 18.9 Å². The van der Waals surface area contributed by atoms with Crippen LogP contribution in [0.5, 0.6) is 11.5 Å². The lowest BCUT2D eigenvalue weighted by molar-refractivity contribution is -0.0892. The van der Waals surface area contributed by atoms with Gasteiger partial charge in [-0.1, -0.05) is 0 Å². The Labute approximate surface area is 202 Å². The topological polar surface area (TPSA) is 64.0 Å². The van der Waals surface area contributed by atoms with E-state index in [0.717, 1.165) is 0 Å². The molecule has 0 radical (unpaired) electrons. The van der Waals surface area contributed by atoms with E-state index in [1.54, 1.807) is 29.2 Å². The predicted octanol–water partition coefficient (Wildman–Crippen LogP) is 4.11. The molecule has 1 saturated heterocycles. The minimum atomic E-state index is -4.92. The molecule has 10 heteroatoms. The normalized spacial score (nSPS) is 18.0. The van der Waals surface area contributed by atoms with E-state index >= 15 is 0 Å². The highest BCUT2D eigenvalue weighted by Crippen LogP contribution is 2.42. The number of nitrogens with zero attached hydrogens (tertiary/aromatic N) is 3. The van der Waals surface area contributed by atoms with Gasteiger partial charge in [0.05, 0.1) is 24.4 Å². The highest BCUT2D eigenvalue weighted by Gasteiger charge is 2.47. The lowest BCUT2D eigenvalue weighted by Gasteiger charge is -2.50. The van der Waals surface area contributed by atoms with Gasteiger partial charge in [-0.2, -0.15) is 13.2 Å². The molecule has 0 aliphatic carbocycles. The molecule has 0 saturated carbocycles. The maximum Gasteiger partial charge on any atom is 0.456 e. The summed E-state index contributed by atoms with van der Waals surface area (Å²) in [6.45, 7) is 5.51. The molecule has 1 aromatic heterocycles. The van der Waals surface area contributed by atoms with E-state index < -0.39 is 17.5 Å². The maximum absolute atomic E-state index is 13.2. The molecule has 4 rings (SSSR count). The van der Waals surface area contributed by atoms with Gasteiger partial charge in [-0.15, -0.1) is 0 Å². The monoisotopic (exact) mass is 493 g/mol. The molecule has 190 valence electrons. The Morgan fingerprint density at radius 3 is 2.29 bits per heavy atom. The van der Waals surface area contributed by atoms with Crippen LogP contribution in [0, 0.1) is 0 Å². The van der Waals surface area contributed by atoms with Crippen LogP contribution < -0.4 is 9.47 Å². The number of rotatable bonds is 5. The van der Waals surface area contributed by atoms with Crippen molar-refractivity contribution in [1.82, 2.24) is 14.4 Å². The number of likely N-dealkylation sites (N-methyl/N-ethyl adjacent to an activating group) is 1. The van der Waals surface area contributed by atoms with Gasteiger partial charge in [0.25, 0.3) is 11.7 Å². The Bertz CT molecular complexity index is 1120. The number of likely N-dealkylation sites (tertiary alicyclic amines) is 1. The highest BCUT2D eigenvalue weighted by molar-refractivity contribution is 5.99. The molecule has 1 amide bonds. The molecule has 2 aliphatic heterocycles. The van der Waals surface area contributed by atoms with Gasteiger partial charge in [-0.25, -0.2) is 0 Å². The SMILES string of the molecule is COc1cc(C(=O)N2CCC3(CC2)c2ccc(C(=O)C(F)(F)F)n2CCN3C)ccc1OC(C)C. The van der Waals surface area contributed by atoms with E-state index in [-0.39, 0.29) is 17.7 Å². The smallest absolute Gasteiger partial charge is 0.456 e. The number of alkyl halides is 3. The Balaban J connectivity index is 1.54. The molecule has 2 aromatic rings. The number of methoxy groups -OCH3 is 1. The maximum atomic E-state index is 13.2. The van der Waals surface area contributed by atoms with Crippen molar-refractivity contribution in [2.75, 3.05) is 33.8 Å². The first-order chi connectivity index (χ1) is 16.5. The van der Waals surface area contributed by atoms with Crippen LogP contribution in [0.15, 0.2) is 30.3 Å². The van der Waals surface area contributed by atoms with Crippen molar-refractivity contribution in [1.29, 1.82) is 0 Å². The van der Waals surface area contributed by atoms with E-state index in [1.807, 2.05) is 20.9 Å². The summed E-state index contributed by atoms with van der Waals surface area (Å²) < 4.78 is 51.9. The number of fused-ring (bicyclic) bond motifs is 2. The van der Waals surface area contributed by atoms with Gasteiger partial charge in [-0.3, -0.25) is 14.5 Å². The van der Waals surface area contributed by atoms with Crippen molar-refractivity contribution in [3.8, 4) is 11.5 Å². The number of benzene rings is 1.